The van der Waals surface area contributed by atoms with Crippen LogP contribution in [0.15, 0.2) is 39.7 Å². The van der Waals surface area contributed by atoms with Gasteiger partial charge in [0.25, 0.3) is 0 Å². The number of esters is 2. The lowest BCUT2D eigenvalue weighted by molar-refractivity contribution is -0.121. The summed E-state index contributed by atoms with van der Waals surface area (Å²) in [5.74, 6) is -2.71. The lowest BCUT2D eigenvalue weighted by Gasteiger charge is -2.32. The van der Waals surface area contributed by atoms with Crippen LogP contribution in [0.5, 0.6) is 0 Å². The zero-order valence-corrected chi connectivity index (χ0v) is 24.8. The van der Waals surface area contributed by atoms with Crippen LogP contribution in [0.25, 0.3) is 0 Å². The molecular weight excluding hydrogens is 606 g/mol. The van der Waals surface area contributed by atoms with E-state index >= 15 is 0 Å². The number of halogens is 1. The molecule has 0 bridgehead atoms. The van der Waals surface area contributed by atoms with E-state index in [1.165, 1.54) is 47.7 Å². The number of methoxy groups -OCH3 is 2. The van der Waals surface area contributed by atoms with Crippen molar-refractivity contribution in [2.24, 2.45) is 5.92 Å². The molecule has 13 heteroatoms. The van der Waals surface area contributed by atoms with Gasteiger partial charge in [-0.05, 0) is 55.2 Å². The van der Waals surface area contributed by atoms with E-state index in [2.05, 4.69) is 21.2 Å². The molecule has 214 valence electrons. The predicted molar refractivity (Wildman–Crippen MR) is 150 cm³/mol. The van der Waals surface area contributed by atoms with Crippen molar-refractivity contribution < 1.29 is 37.1 Å². The van der Waals surface area contributed by atoms with Crippen molar-refractivity contribution >= 4 is 61.1 Å². The van der Waals surface area contributed by atoms with Gasteiger partial charge in [0, 0.05) is 36.2 Å². The molecule has 2 aromatic rings. The van der Waals surface area contributed by atoms with Crippen molar-refractivity contribution in [3.63, 3.8) is 0 Å². The van der Waals surface area contributed by atoms with Gasteiger partial charge in [0.05, 0.1) is 37.0 Å². The highest BCUT2D eigenvalue weighted by Gasteiger charge is 2.38. The van der Waals surface area contributed by atoms with E-state index in [0.29, 0.717) is 36.0 Å². The number of rotatable bonds is 7. The fourth-order valence-electron chi connectivity index (χ4n) is 5.04. The molecule has 0 spiro atoms. The Balaban J connectivity index is 1.60. The summed E-state index contributed by atoms with van der Waals surface area (Å²) in [7, 11) is -1.67. The number of amides is 2. The van der Waals surface area contributed by atoms with Gasteiger partial charge in [-0.1, -0.05) is 22.9 Å². The molecule has 11 nitrogen and oxygen atoms in total. The first-order chi connectivity index (χ1) is 19.0. The van der Waals surface area contributed by atoms with Crippen LogP contribution in [0, 0.1) is 5.92 Å². The smallest absolute Gasteiger partial charge is 0.337 e. The van der Waals surface area contributed by atoms with E-state index < -0.39 is 33.8 Å². The highest BCUT2D eigenvalue weighted by molar-refractivity contribution is 9.10. The van der Waals surface area contributed by atoms with Crippen molar-refractivity contribution in [2.45, 2.75) is 37.5 Å². The molecule has 2 aliphatic heterocycles. The number of hydrogen-bond acceptors (Lipinski definition) is 8. The summed E-state index contributed by atoms with van der Waals surface area (Å²) in [5.41, 5.74) is 1.43. The summed E-state index contributed by atoms with van der Waals surface area (Å²) in [6.45, 7) is 2.29. The number of carbonyl (C=O) groups is 4. The Bertz CT molecular complexity index is 1440. The molecule has 4 rings (SSSR count). The summed E-state index contributed by atoms with van der Waals surface area (Å²) in [5, 5.41) is 2.71. The molecule has 0 aromatic heterocycles. The Morgan fingerprint density at radius 3 is 2.25 bits per heavy atom. The molecule has 2 aromatic carbocycles. The number of anilines is 2. The molecule has 1 unspecified atom stereocenters. The standard InChI is InChI=1S/C27H30BrN3O8S/c1-4-23(32)31-9-7-16-11-20(28)14-22(24(16)31)40(36,37)30-8-5-6-17(15-30)25(33)29-21-12-18(26(34)38-2)10-19(13-21)27(35)39-3/h10-14,17H,4-9,15H2,1-3H3,(H,29,33). The minimum atomic E-state index is -4.06. The second-order valence-electron chi connectivity index (χ2n) is 9.53. The summed E-state index contributed by atoms with van der Waals surface area (Å²) in [6, 6.07) is 7.38. The first kappa shape index (κ1) is 29.7. The van der Waals surface area contributed by atoms with Gasteiger partial charge in [0.1, 0.15) is 4.90 Å². The number of nitrogens with one attached hydrogen (secondary N) is 1. The number of ether oxygens (including phenoxy) is 2. The molecule has 40 heavy (non-hydrogen) atoms. The largest absolute Gasteiger partial charge is 0.465 e. The summed E-state index contributed by atoms with van der Waals surface area (Å²) in [4.78, 5) is 51.6. The topological polar surface area (TPSA) is 139 Å². The molecule has 1 atom stereocenters. The molecule has 1 N–H and O–H groups in total. The van der Waals surface area contributed by atoms with Crippen LogP contribution in [-0.4, -0.2) is 70.3 Å². The van der Waals surface area contributed by atoms with Gasteiger partial charge in [-0.3, -0.25) is 9.59 Å². The third kappa shape index (κ3) is 5.91. The Hall–Kier alpha value is -3.29. The van der Waals surface area contributed by atoms with E-state index in [1.54, 1.807) is 6.92 Å². The Labute approximate surface area is 241 Å². The minimum absolute atomic E-state index is 0.0331. The Kier molecular flexibility index (Phi) is 8.96. The monoisotopic (exact) mass is 635 g/mol. The Morgan fingerprint density at radius 2 is 1.65 bits per heavy atom. The van der Waals surface area contributed by atoms with Gasteiger partial charge >= 0.3 is 11.9 Å². The maximum Gasteiger partial charge on any atom is 0.337 e. The van der Waals surface area contributed by atoms with Crippen molar-refractivity contribution in [3.05, 3.63) is 51.5 Å². The normalized spacial score (nSPS) is 17.2. The summed E-state index contributed by atoms with van der Waals surface area (Å²) >= 11 is 3.40. The van der Waals surface area contributed by atoms with Crippen LogP contribution in [0.1, 0.15) is 52.5 Å². The first-order valence-electron chi connectivity index (χ1n) is 12.8. The summed E-state index contributed by atoms with van der Waals surface area (Å²) in [6.07, 6.45) is 1.68. The average molecular weight is 637 g/mol. The van der Waals surface area contributed by atoms with Crippen molar-refractivity contribution in [3.8, 4) is 0 Å². The SMILES string of the molecule is CCC(=O)N1CCc2cc(Br)cc(S(=O)(=O)N3CCCC(C(=O)Nc4cc(C(=O)OC)cc(C(=O)OC)c4)C3)c21. The van der Waals surface area contributed by atoms with Gasteiger partial charge < -0.3 is 19.7 Å². The third-order valence-electron chi connectivity index (χ3n) is 7.01. The van der Waals surface area contributed by atoms with E-state index in [-0.39, 0.29) is 47.1 Å². The van der Waals surface area contributed by atoms with Gasteiger partial charge in [-0.25, -0.2) is 18.0 Å². The van der Waals surface area contributed by atoms with Gasteiger partial charge in [0.15, 0.2) is 0 Å². The fraction of sp³-hybridized carbons (Fsp3) is 0.407. The molecule has 0 saturated carbocycles. The third-order valence-corrected chi connectivity index (χ3v) is 9.35. The van der Waals surface area contributed by atoms with E-state index in [4.69, 9.17) is 9.47 Å². The lowest BCUT2D eigenvalue weighted by atomic mass is 9.98. The average Bonchev–Trinajstić information content (AvgIpc) is 3.38. The lowest BCUT2D eigenvalue weighted by Crippen LogP contribution is -2.44. The molecule has 0 radical (unpaired) electrons. The summed E-state index contributed by atoms with van der Waals surface area (Å²) < 4.78 is 39.2. The van der Waals surface area contributed by atoms with Gasteiger partial charge in [-0.2, -0.15) is 4.31 Å². The van der Waals surface area contributed by atoms with Crippen LogP contribution < -0.4 is 10.2 Å². The highest BCUT2D eigenvalue weighted by atomic mass is 79.9. The molecular formula is C27H30BrN3O8S. The van der Waals surface area contributed by atoms with Crippen molar-refractivity contribution in [2.75, 3.05) is 44.1 Å². The number of carbonyl (C=O) groups excluding carboxylic acids is 4. The van der Waals surface area contributed by atoms with Gasteiger partial charge in [0.2, 0.25) is 21.8 Å². The first-order valence-corrected chi connectivity index (χ1v) is 15.0. The molecule has 2 heterocycles. The second-order valence-corrected chi connectivity index (χ2v) is 12.4. The predicted octanol–water partition coefficient (Wildman–Crippen LogP) is 3.36. The number of piperidine rings is 1. The fourth-order valence-corrected chi connectivity index (χ4v) is 7.48. The number of hydrogen-bond donors (Lipinski definition) is 1. The molecule has 2 aliphatic rings. The second kappa shape index (κ2) is 12.1. The molecule has 0 aliphatic carbocycles. The maximum absolute atomic E-state index is 13.9. The van der Waals surface area contributed by atoms with Crippen molar-refractivity contribution in [1.82, 2.24) is 4.31 Å². The molecule has 1 saturated heterocycles. The van der Waals surface area contributed by atoms with Crippen LogP contribution in [0.2, 0.25) is 0 Å². The zero-order chi connectivity index (χ0) is 29.2. The number of fused-ring (bicyclic) bond motifs is 1. The van der Waals surface area contributed by atoms with E-state index in [1.807, 2.05) is 6.07 Å². The van der Waals surface area contributed by atoms with Crippen LogP contribution in [0.4, 0.5) is 11.4 Å². The van der Waals surface area contributed by atoms with Gasteiger partial charge in [-0.15, -0.1) is 0 Å². The number of benzene rings is 2. The minimum Gasteiger partial charge on any atom is -0.465 e. The number of sulfonamides is 1. The zero-order valence-electron chi connectivity index (χ0n) is 22.4. The number of nitrogens with zero attached hydrogens (tertiary/aromatic N) is 2. The molecule has 2 amide bonds. The quantitative estimate of drug-likeness (QED) is 0.457. The van der Waals surface area contributed by atoms with Crippen LogP contribution >= 0.6 is 15.9 Å². The van der Waals surface area contributed by atoms with Crippen molar-refractivity contribution in [1.29, 1.82) is 0 Å². The van der Waals surface area contributed by atoms with E-state index in [0.717, 1.165) is 5.56 Å². The Morgan fingerprint density at radius 1 is 1.00 bits per heavy atom. The maximum atomic E-state index is 13.9. The van der Waals surface area contributed by atoms with E-state index in [9.17, 15) is 27.6 Å². The molecule has 1 fully saturated rings. The highest BCUT2D eigenvalue weighted by Crippen LogP contribution is 2.40. The van der Waals surface area contributed by atoms with Crippen LogP contribution in [-0.2, 0) is 35.5 Å². The van der Waals surface area contributed by atoms with Crippen LogP contribution in [0.3, 0.4) is 0 Å².